The van der Waals surface area contributed by atoms with Crippen LogP contribution in [0.4, 0.5) is 0 Å². The molecule has 1 amide bonds. The summed E-state index contributed by atoms with van der Waals surface area (Å²) in [6, 6.07) is -0.706. The molecular weight excluding hydrogens is 158 g/mol. The molecule has 0 aromatic heterocycles. The number of carboxylic acid groups (broad SMARTS) is 1. The zero-order valence-electron chi connectivity index (χ0n) is 6.62. The molecule has 0 saturated carbocycles. The average Bonchev–Trinajstić information content (AvgIpc) is 2.34. The van der Waals surface area contributed by atoms with Crippen molar-refractivity contribution in [3.05, 3.63) is 12.7 Å². The Morgan fingerprint density at radius 2 is 2.50 bits per heavy atom. The predicted molar refractivity (Wildman–Crippen MR) is 42.5 cm³/mol. The molecule has 1 fully saturated rings. The highest BCUT2D eigenvalue weighted by Gasteiger charge is 2.34. The van der Waals surface area contributed by atoms with Crippen molar-refractivity contribution in [1.82, 2.24) is 5.32 Å². The summed E-state index contributed by atoms with van der Waals surface area (Å²) in [6.07, 6.45) is 2.56. The molecule has 66 valence electrons. The minimum atomic E-state index is -0.963. The van der Waals surface area contributed by atoms with E-state index in [9.17, 15) is 9.59 Å². The molecule has 4 nitrogen and oxygen atoms in total. The summed E-state index contributed by atoms with van der Waals surface area (Å²) in [4.78, 5) is 21.5. The highest BCUT2D eigenvalue weighted by molar-refractivity contribution is 5.88. The zero-order chi connectivity index (χ0) is 9.14. The first kappa shape index (κ1) is 8.77. The van der Waals surface area contributed by atoms with Gasteiger partial charge < -0.3 is 10.4 Å². The molecule has 12 heavy (non-hydrogen) atoms. The summed E-state index contributed by atoms with van der Waals surface area (Å²) in [6.45, 7) is 3.50. The normalized spacial score (nSPS) is 28.2. The van der Waals surface area contributed by atoms with Crippen molar-refractivity contribution in [3.63, 3.8) is 0 Å². The van der Waals surface area contributed by atoms with Crippen LogP contribution >= 0.6 is 0 Å². The van der Waals surface area contributed by atoms with Gasteiger partial charge in [-0.3, -0.25) is 4.79 Å². The minimum Gasteiger partial charge on any atom is -0.480 e. The zero-order valence-corrected chi connectivity index (χ0v) is 6.62. The number of allylic oxidation sites excluding steroid dienone is 1. The molecular formula is C8H11NO3. The van der Waals surface area contributed by atoms with Crippen LogP contribution in [0.2, 0.25) is 0 Å². The standard InChI is InChI=1S/C8H11NO3/c1-2-3-5-4-6(8(11)12)9-7(5)10/h2,5-6H,1,3-4H2,(H,9,10)(H,11,12)/t5-,6-/m1/s1. The van der Waals surface area contributed by atoms with Crippen LogP contribution < -0.4 is 5.32 Å². The third-order valence-electron chi connectivity index (χ3n) is 1.96. The van der Waals surface area contributed by atoms with Gasteiger partial charge in [-0.2, -0.15) is 0 Å². The van der Waals surface area contributed by atoms with E-state index in [1.165, 1.54) is 0 Å². The number of carbonyl (C=O) groups is 2. The van der Waals surface area contributed by atoms with Gasteiger partial charge >= 0.3 is 5.97 Å². The van der Waals surface area contributed by atoms with Crippen molar-refractivity contribution in [2.75, 3.05) is 0 Å². The van der Waals surface area contributed by atoms with Gasteiger partial charge in [-0.1, -0.05) is 6.08 Å². The smallest absolute Gasteiger partial charge is 0.326 e. The third kappa shape index (κ3) is 1.64. The Morgan fingerprint density at radius 3 is 2.92 bits per heavy atom. The van der Waals surface area contributed by atoms with E-state index in [0.29, 0.717) is 12.8 Å². The number of aliphatic carboxylic acids is 1. The lowest BCUT2D eigenvalue weighted by Gasteiger charge is -2.00. The molecule has 1 rings (SSSR count). The van der Waals surface area contributed by atoms with Crippen molar-refractivity contribution < 1.29 is 14.7 Å². The number of carboxylic acids is 1. The van der Waals surface area contributed by atoms with Crippen LogP contribution in [0.3, 0.4) is 0 Å². The van der Waals surface area contributed by atoms with E-state index in [4.69, 9.17) is 5.11 Å². The summed E-state index contributed by atoms with van der Waals surface area (Å²) in [5, 5.41) is 11.0. The van der Waals surface area contributed by atoms with Crippen molar-refractivity contribution in [3.8, 4) is 0 Å². The van der Waals surface area contributed by atoms with E-state index in [2.05, 4.69) is 11.9 Å². The molecule has 0 aliphatic carbocycles. The second kappa shape index (κ2) is 3.38. The maximum atomic E-state index is 11.1. The van der Waals surface area contributed by atoms with Gasteiger partial charge in [0.2, 0.25) is 5.91 Å². The van der Waals surface area contributed by atoms with Gasteiger partial charge in [0.05, 0.1) is 0 Å². The van der Waals surface area contributed by atoms with Gasteiger partial charge in [-0.15, -0.1) is 6.58 Å². The van der Waals surface area contributed by atoms with Crippen molar-refractivity contribution in [1.29, 1.82) is 0 Å². The molecule has 1 aliphatic rings. The van der Waals surface area contributed by atoms with E-state index in [0.717, 1.165) is 0 Å². The van der Waals surface area contributed by atoms with Gasteiger partial charge in [-0.25, -0.2) is 4.79 Å². The molecule has 1 aliphatic heterocycles. The van der Waals surface area contributed by atoms with Crippen LogP contribution in [0, 0.1) is 5.92 Å². The number of carbonyl (C=O) groups excluding carboxylic acids is 1. The van der Waals surface area contributed by atoms with Crippen LogP contribution in [0.25, 0.3) is 0 Å². The molecule has 2 N–H and O–H groups in total. The van der Waals surface area contributed by atoms with E-state index < -0.39 is 12.0 Å². The van der Waals surface area contributed by atoms with E-state index in [1.807, 2.05) is 0 Å². The first-order chi connectivity index (χ1) is 5.65. The quantitative estimate of drug-likeness (QED) is 0.591. The van der Waals surface area contributed by atoms with Crippen LogP contribution in [0.15, 0.2) is 12.7 Å². The molecule has 2 atom stereocenters. The molecule has 0 unspecified atom stereocenters. The van der Waals surface area contributed by atoms with Crippen LogP contribution in [0.1, 0.15) is 12.8 Å². The Hall–Kier alpha value is -1.32. The van der Waals surface area contributed by atoms with E-state index in [-0.39, 0.29) is 11.8 Å². The summed E-state index contributed by atoms with van der Waals surface area (Å²) in [5.74, 6) is -1.35. The SMILES string of the molecule is C=CC[C@@H]1C[C@H](C(=O)O)NC1=O. The Kier molecular flexibility index (Phi) is 2.47. The second-order valence-electron chi connectivity index (χ2n) is 2.86. The number of rotatable bonds is 3. The summed E-state index contributed by atoms with van der Waals surface area (Å²) >= 11 is 0. The van der Waals surface area contributed by atoms with Crippen molar-refractivity contribution in [2.24, 2.45) is 5.92 Å². The summed E-state index contributed by atoms with van der Waals surface area (Å²) in [7, 11) is 0. The number of nitrogens with one attached hydrogen (secondary N) is 1. The second-order valence-corrected chi connectivity index (χ2v) is 2.86. The molecule has 1 heterocycles. The monoisotopic (exact) mass is 169 g/mol. The fourth-order valence-corrected chi connectivity index (χ4v) is 1.31. The molecule has 1 saturated heterocycles. The number of amides is 1. The Balaban J connectivity index is 2.55. The first-order valence-electron chi connectivity index (χ1n) is 3.79. The molecule has 0 spiro atoms. The lowest BCUT2D eigenvalue weighted by molar-refractivity contribution is -0.140. The number of hydrogen-bond acceptors (Lipinski definition) is 2. The van der Waals surface area contributed by atoms with Gasteiger partial charge in [0.1, 0.15) is 6.04 Å². The molecule has 0 aromatic rings. The minimum absolute atomic E-state index is 0.178. The van der Waals surface area contributed by atoms with Crippen molar-refractivity contribution >= 4 is 11.9 Å². The molecule has 0 aromatic carbocycles. The Bertz CT molecular complexity index is 224. The topological polar surface area (TPSA) is 66.4 Å². The summed E-state index contributed by atoms with van der Waals surface area (Å²) < 4.78 is 0. The molecule has 4 heteroatoms. The predicted octanol–water partition coefficient (Wildman–Crippen LogP) is 0.152. The fourth-order valence-electron chi connectivity index (χ4n) is 1.31. The highest BCUT2D eigenvalue weighted by atomic mass is 16.4. The lowest BCUT2D eigenvalue weighted by atomic mass is 10.0. The Labute approximate surface area is 70.3 Å². The molecule has 0 radical (unpaired) electrons. The lowest BCUT2D eigenvalue weighted by Crippen LogP contribution is -2.32. The highest BCUT2D eigenvalue weighted by Crippen LogP contribution is 2.19. The summed E-state index contributed by atoms with van der Waals surface area (Å²) in [5.41, 5.74) is 0. The first-order valence-corrected chi connectivity index (χ1v) is 3.79. The third-order valence-corrected chi connectivity index (χ3v) is 1.96. The van der Waals surface area contributed by atoms with E-state index in [1.54, 1.807) is 6.08 Å². The maximum absolute atomic E-state index is 11.1. The van der Waals surface area contributed by atoms with Gasteiger partial charge in [0.25, 0.3) is 0 Å². The van der Waals surface area contributed by atoms with E-state index >= 15 is 0 Å². The molecule has 0 bridgehead atoms. The van der Waals surface area contributed by atoms with Crippen LogP contribution in [-0.2, 0) is 9.59 Å². The van der Waals surface area contributed by atoms with Gasteiger partial charge in [0, 0.05) is 5.92 Å². The van der Waals surface area contributed by atoms with Crippen LogP contribution in [-0.4, -0.2) is 23.0 Å². The van der Waals surface area contributed by atoms with Crippen molar-refractivity contribution in [2.45, 2.75) is 18.9 Å². The Morgan fingerprint density at radius 1 is 1.83 bits per heavy atom. The van der Waals surface area contributed by atoms with Gasteiger partial charge in [0.15, 0.2) is 0 Å². The van der Waals surface area contributed by atoms with Crippen LogP contribution in [0.5, 0.6) is 0 Å². The maximum Gasteiger partial charge on any atom is 0.326 e. The largest absolute Gasteiger partial charge is 0.480 e. The number of hydrogen-bond donors (Lipinski definition) is 2. The fraction of sp³-hybridized carbons (Fsp3) is 0.500. The average molecular weight is 169 g/mol. The van der Waals surface area contributed by atoms with Gasteiger partial charge in [-0.05, 0) is 12.8 Å².